The second kappa shape index (κ2) is 7.38. The Kier molecular flexibility index (Phi) is 5.23. The van der Waals surface area contributed by atoms with Gasteiger partial charge in [0.1, 0.15) is 5.82 Å². The van der Waals surface area contributed by atoms with Crippen molar-refractivity contribution in [3.05, 3.63) is 35.6 Å². The van der Waals surface area contributed by atoms with Gasteiger partial charge in [0.15, 0.2) is 0 Å². The Labute approximate surface area is 140 Å². The Morgan fingerprint density at radius 2 is 1.75 bits per heavy atom. The molecule has 3 rings (SSSR count). The molecule has 1 aromatic carbocycles. The van der Waals surface area contributed by atoms with E-state index in [2.05, 4.69) is 4.90 Å². The van der Waals surface area contributed by atoms with Crippen molar-refractivity contribution >= 4 is 11.8 Å². The van der Waals surface area contributed by atoms with Crippen LogP contribution in [0.3, 0.4) is 0 Å². The van der Waals surface area contributed by atoms with E-state index in [9.17, 15) is 14.0 Å². The molecule has 1 unspecified atom stereocenters. The van der Waals surface area contributed by atoms with Crippen LogP contribution in [0.25, 0.3) is 0 Å². The van der Waals surface area contributed by atoms with E-state index in [1.54, 1.807) is 18.2 Å². The van der Waals surface area contributed by atoms with E-state index >= 15 is 0 Å². The number of piperazine rings is 1. The largest absolute Gasteiger partial charge is 0.395 e. The van der Waals surface area contributed by atoms with Crippen LogP contribution in [0.4, 0.5) is 4.39 Å². The van der Waals surface area contributed by atoms with Crippen molar-refractivity contribution in [3.8, 4) is 0 Å². The smallest absolute Gasteiger partial charge is 0.238 e. The molecule has 0 spiro atoms. The minimum atomic E-state index is -0.714. The highest BCUT2D eigenvalue weighted by molar-refractivity contribution is 6.06. The Balaban J connectivity index is 1.62. The van der Waals surface area contributed by atoms with Gasteiger partial charge in [0, 0.05) is 44.7 Å². The van der Waals surface area contributed by atoms with E-state index in [4.69, 9.17) is 5.11 Å². The normalized spacial score (nSPS) is 23.2. The summed E-state index contributed by atoms with van der Waals surface area (Å²) in [4.78, 5) is 30.3. The van der Waals surface area contributed by atoms with Crippen LogP contribution < -0.4 is 0 Å². The number of rotatable bonds is 5. The molecule has 1 atom stereocenters. The molecular weight excluding hydrogens is 313 g/mol. The zero-order valence-corrected chi connectivity index (χ0v) is 13.5. The van der Waals surface area contributed by atoms with E-state index in [0.29, 0.717) is 12.1 Å². The highest BCUT2D eigenvalue weighted by atomic mass is 19.1. The maximum absolute atomic E-state index is 13.9. The maximum atomic E-state index is 13.9. The molecule has 0 aromatic heterocycles. The Hall–Kier alpha value is -1.83. The Morgan fingerprint density at radius 3 is 2.42 bits per heavy atom. The Bertz CT molecular complexity index is 617. The lowest BCUT2D eigenvalue weighted by Crippen LogP contribution is -2.51. The van der Waals surface area contributed by atoms with Crippen molar-refractivity contribution in [2.45, 2.75) is 12.3 Å². The fourth-order valence-electron chi connectivity index (χ4n) is 3.33. The topological polar surface area (TPSA) is 64.1 Å². The molecule has 24 heavy (non-hydrogen) atoms. The number of hydrogen-bond donors (Lipinski definition) is 1. The minimum absolute atomic E-state index is 0.0320. The van der Waals surface area contributed by atoms with Gasteiger partial charge >= 0.3 is 0 Å². The fraction of sp³-hybridized carbons (Fsp3) is 0.529. The van der Waals surface area contributed by atoms with Gasteiger partial charge in [-0.1, -0.05) is 18.2 Å². The Morgan fingerprint density at radius 1 is 1.08 bits per heavy atom. The number of carbonyl (C=O) groups is 2. The van der Waals surface area contributed by atoms with Gasteiger partial charge < -0.3 is 5.11 Å². The van der Waals surface area contributed by atoms with E-state index in [0.717, 1.165) is 26.2 Å². The van der Waals surface area contributed by atoms with Gasteiger partial charge in [0.2, 0.25) is 11.8 Å². The number of imide groups is 1. The number of halogens is 1. The lowest BCUT2D eigenvalue weighted by Gasteiger charge is -2.35. The predicted octanol–water partition coefficient (Wildman–Crippen LogP) is 0.236. The van der Waals surface area contributed by atoms with Crippen molar-refractivity contribution in [2.24, 2.45) is 0 Å². The minimum Gasteiger partial charge on any atom is -0.395 e. The third-order valence-corrected chi connectivity index (χ3v) is 4.75. The zero-order chi connectivity index (χ0) is 17.1. The molecule has 0 saturated carbocycles. The van der Waals surface area contributed by atoms with Gasteiger partial charge in [-0.2, -0.15) is 0 Å². The number of nitrogens with zero attached hydrogens (tertiary/aromatic N) is 3. The predicted molar refractivity (Wildman–Crippen MR) is 85.6 cm³/mol. The van der Waals surface area contributed by atoms with Crippen LogP contribution in [0.15, 0.2) is 24.3 Å². The molecule has 2 fully saturated rings. The van der Waals surface area contributed by atoms with Crippen LogP contribution in [0.2, 0.25) is 0 Å². The summed E-state index contributed by atoms with van der Waals surface area (Å²) in [5.41, 5.74) is 0.297. The van der Waals surface area contributed by atoms with E-state index < -0.39 is 11.7 Å². The van der Waals surface area contributed by atoms with Gasteiger partial charge in [0.25, 0.3) is 0 Å². The lowest BCUT2D eigenvalue weighted by molar-refractivity contribution is -0.141. The molecule has 130 valence electrons. The second-order valence-electron chi connectivity index (χ2n) is 6.26. The lowest BCUT2D eigenvalue weighted by atomic mass is 9.97. The first-order valence-corrected chi connectivity index (χ1v) is 8.24. The summed E-state index contributed by atoms with van der Waals surface area (Å²) in [5, 5.41) is 8.96. The molecule has 2 aliphatic rings. The first kappa shape index (κ1) is 17.0. The average Bonchev–Trinajstić information content (AvgIpc) is 2.85. The highest BCUT2D eigenvalue weighted by Crippen LogP contribution is 2.31. The van der Waals surface area contributed by atoms with Gasteiger partial charge in [-0.3, -0.25) is 24.3 Å². The second-order valence-corrected chi connectivity index (χ2v) is 6.26. The van der Waals surface area contributed by atoms with Gasteiger partial charge in [-0.15, -0.1) is 0 Å². The van der Waals surface area contributed by atoms with E-state index in [1.807, 2.05) is 4.90 Å². The molecule has 2 saturated heterocycles. The standard InChI is InChI=1S/C17H22FN3O3/c18-15-4-2-1-3-13(15)14-11-16(23)21(17(14)24)12-20-7-5-19(6-8-20)9-10-22/h1-4,14,22H,5-12H2. The number of aliphatic hydroxyl groups is 1. The molecule has 1 N–H and O–H groups in total. The maximum Gasteiger partial charge on any atom is 0.238 e. The van der Waals surface area contributed by atoms with E-state index in [-0.39, 0.29) is 31.5 Å². The molecule has 6 nitrogen and oxygen atoms in total. The number of amides is 2. The van der Waals surface area contributed by atoms with Crippen LogP contribution >= 0.6 is 0 Å². The van der Waals surface area contributed by atoms with Crippen LogP contribution in [-0.4, -0.2) is 77.6 Å². The molecule has 0 bridgehead atoms. The molecule has 2 aliphatic heterocycles. The van der Waals surface area contributed by atoms with Crippen molar-refractivity contribution in [1.82, 2.24) is 14.7 Å². The molecule has 0 radical (unpaired) electrons. The van der Waals surface area contributed by atoms with Crippen LogP contribution in [-0.2, 0) is 9.59 Å². The molecule has 1 aromatic rings. The van der Waals surface area contributed by atoms with Crippen molar-refractivity contribution in [1.29, 1.82) is 0 Å². The molecular formula is C17H22FN3O3. The summed E-state index contributed by atoms with van der Waals surface area (Å²) < 4.78 is 13.9. The van der Waals surface area contributed by atoms with Crippen molar-refractivity contribution in [2.75, 3.05) is 46.0 Å². The third kappa shape index (κ3) is 3.48. The SMILES string of the molecule is O=C1CC(c2ccccc2F)C(=O)N1CN1CCN(CCO)CC1. The number of benzene rings is 1. The number of aliphatic hydroxyl groups excluding tert-OH is 1. The summed E-state index contributed by atoms with van der Waals surface area (Å²) in [6.45, 7) is 4.11. The van der Waals surface area contributed by atoms with Crippen molar-refractivity contribution < 1.29 is 19.1 Å². The number of likely N-dealkylation sites (tertiary alicyclic amines) is 1. The number of carbonyl (C=O) groups excluding carboxylic acids is 2. The highest BCUT2D eigenvalue weighted by Gasteiger charge is 2.41. The molecule has 2 heterocycles. The summed E-state index contributed by atoms with van der Waals surface area (Å²) in [6.07, 6.45) is 0.0320. The summed E-state index contributed by atoms with van der Waals surface area (Å²) in [5.74, 6) is -1.72. The van der Waals surface area contributed by atoms with Gasteiger partial charge in [0.05, 0.1) is 19.2 Å². The van der Waals surface area contributed by atoms with Crippen LogP contribution in [0.1, 0.15) is 17.9 Å². The van der Waals surface area contributed by atoms with Gasteiger partial charge in [-0.25, -0.2) is 4.39 Å². The summed E-state index contributed by atoms with van der Waals surface area (Å²) >= 11 is 0. The summed E-state index contributed by atoms with van der Waals surface area (Å²) in [6, 6.07) is 6.14. The number of hydrogen-bond acceptors (Lipinski definition) is 5. The van der Waals surface area contributed by atoms with Crippen LogP contribution in [0, 0.1) is 5.82 Å². The van der Waals surface area contributed by atoms with Crippen molar-refractivity contribution in [3.63, 3.8) is 0 Å². The molecule has 0 aliphatic carbocycles. The monoisotopic (exact) mass is 335 g/mol. The quantitative estimate of drug-likeness (QED) is 0.781. The fourth-order valence-corrected chi connectivity index (χ4v) is 3.33. The first-order valence-electron chi connectivity index (χ1n) is 8.24. The van der Waals surface area contributed by atoms with Gasteiger partial charge in [-0.05, 0) is 6.07 Å². The molecule has 7 heteroatoms. The average molecular weight is 335 g/mol. The zero-order valence-electron chi connectivity index (χ0n) is 13.5. The van der Waals surface area contributed by atoms with E-state index in [1.165, 1.54) is 11.0 Å². The third-order valence-electron chi connectivity index (χ3n) is 4.75. The number of β-amino-alcohol motifs (C(OH)–C–C–N with tert-alkyl or cyclic N) is 1. The summed E-state index contributed by atoms with van der Waals surface area (Å²) in [7, 11) is 0. The van der Waals surface area contributed by atoms with Crippen LogP contribution in [0.5, 0.6) is 0 Å². The molecule has 2 amide bonds. The first-order chi connectivity index (χ1) is 11.6.